The molecule has 3 amide bonds. The number of imide groups is 1. The van der Waals surface area contributed by atoms with Gasteiger partial charge in [0.1, 0.15) is 11.5 Å². The summed E-state index contributed by atoms with van der Waals surface area (Å²) in [6, 6.07) is 7.47. The third-order valence-corrected chi connectivity index (χ3v) is 5.26. The Bertz CT molecular complexity index is 1050. The van der Waals surface area contributed by atoms with Gasteiger partial charge < -0.3 is 5.32 Å². The van der Waals surface area contributed by atoms with Gasteiger partial charge in [-0.1, -0.05) is 18.2 Å². The molecule has 0 spiro atoms. The van der Waals surface area contributed by atoms with Gasteiger partial charge in [0.25, 0.3) is 0 Å². The number of nitrogens with zero attached hydrogens (tertiary/aromatic N) is 3. The van der Waals surface area contributed by atoms with Crippen molar-refractivity contribution in [1.29, 1.82) is 0 Å². The molecule has 4 rings (SSSR count). The first kappa shape index (κ1) is 17.3. The maximum Gasteiger partial charge on any atom is 0.246 e. The van der Waals surface area contributed by atoms with Crippen molar-refractivity contribution in [3.63, 3.8) is 0 Å². The number of anilines is 1. The number of carbonyl (C=O) groups is 3. The van der Waals surface area contributed by atoms with Gasteiger partial charge in [-0.25, -0.2) is 4.98 Å². The summed E-state index contributed by atoms with van der Waals surface area (Å²) in [7, 11) is 0. The standard InChI is InChI=1S/C18H17N5O3S/c1-10-19-8-16(27-10)20-15(25)9-23-13-5-3-2-4-11(13)17(22-23)12-6-7-14(24)21-18(12)26/h2-5,8,12H,6-7,9H2,1H3,(H,20,25)(H,21,24,26). The van der Waals surface area contributed by atoms with E-state index in [-0.39, 0.29) is 30.7 Å². The molecule has 0 saturated carbocycles. The van der Waals surface area contributed by atoms with Gasteiger partial charge in [-0.2, -0.15) is 5.10 Å². The molecule has 1 aromatic carbocycles. The minimum atomic E-state index is -0.499. The molecule has 9 heteroatoms. The highest BCUT2D eigenvalue weighted by Crippen LogP contribution is 2.30. The van der Waals surface area contributed by atoms with Gasteiger partial charge in [-0.3, -0.25) is 24.4 Å². The largest absolute Gasteiger partial charge is 0.315 e. The van der Waals surface area contributed by atoms with Gasteiger partial charge in [-0.15, -0.1) is 11.3 Å². The van der Waals surface area contributed by atoms with Crippen molar-refractivity contribution in [2.75, 3.05) is 5.32 Å². The quantitative estimate of drug-likeness (QED) is 0.670. The molecule has 27 heavy (non-hydrogen) atoms. The average molecular weight is 383 g/mol. The molecule has 1 unspecified atom stereocenters. The van der Waals surface area contributed by atoms with Crippen LogP contribution in [0.1, 0.15) is 29.5 Å². The number of fused-ring (bicyclic) bond motifs is 1. The molecule has 0 aliphatic carbocycles. The summed E-state index contributed by atoms with van der Waals surface area (Å²) in [4.78, 5) is 40.2. The lowest BCUT2D eigenvalue weighted by molar-refractivity contribution is -0.134. The van der Waals surface area contributed by atoms with E-state index in [1.54, 1.807) is 10.9 Å². The Kier molecular flexibility index (Phi) is 4.44. The Morgan fingerprint density at radius 3 is 2.93 bits per heavy atom. The van der Waals surface area contributed by atoms with E-state index < -0.39 is 5.92 Å². The number of piperidine rings is 1. The lowest BCUT2D eigenvalue weighted by Gasteiger charge is -2.19. The molecular formula is C18H17N5O3S. The van der Waals surface area contributed by atoms with Gasteiger partial charge >= 0.3 is 0 Å². The van der Waals surface area contributed by atoms with Gasteiger partial charge in [0.15, 0.2) is 0 Å². The third kappa shape index (κ3) is 3.45. The topological polar surface area (TPSA) is 106 Å². The lowest BCUT2D eigenvalue weighted by Crippen LogP contribution is -2.39. The minimum Gasteiger partial charge on any atom is -0.315 e. The maximum atomic E-state index is 12.4. The first-order valence-corrected chi connectivity index (χ1v) is 9.34. The average Bonchev–Trinajstić information content (AvgIpc) is 3.19. The first-order valence-electron chi connectivity index (χ1n) is 8.52. The van der Waals surface area contributed by atoms with E-state index in [0.717, 1.165) is 15.9 Å². The number of para-hydroxylation sites is 1. The van der Waals surface area contributed by atoms with Gasteiger partial charge in [0.2, 0.25) is 17.7 Å². The molecular weight excluding hydrogens is 366 g/mol. The number of amides is 3. The highest BCUT2D eigenvalue weighted by atomic mass is 32.1. The number of nitrogens with one attached hydrogen (secondary N) is 2. The Morgan fingerprint density at radius 1 is 1.37 bits per heavy atom. The van der Waals surface area contributed by atoms with Crippen molar-refractivity contribution in [3.05, 3.63) is 41.2 Å². The van der Waals surface area contributed by atoms with Crippen LogP contribution in [0.4, 0.5) is 5.00 Å². The number of rotatable bonds is 4. The van der Waals surface area contributed by atoms with Crippen LogP contribution in [-0.4, -0.2) is 32.5 Å². The zero-order valence-electron chi connectivity index (χ0n) is 14.6. The van der Waals surface area contributed by atoms with Crippen molar-refractivity contribution < 1.29 is 14.4 Å². The first-order chi connectivity index (χ1) is 13.0. The summed E-state index contributed by atoms with van der Waals surface area (Å²) in [5, 5.41) is 12.1. The smallest absolute Gasteiger partial charge is 0.246 e. The molecule has 1 saturated heterocycles. The molecule has 2 aromatic heterocycles. The molecule has 8 nitrogen and oxygen atoms in total. The molecule has 1 aliphatic heterocycles. The third-order valence-electron chi connectivity index (χ3n) is 4.43. The van der Waals surface area contributed by atoms with Crippen LogP contribution >= 0.6 is 11.3 Å². The number of thiazole rings is 1. The van der Waals surface area contributed by atoms with E-state index in [9.17, 15) is 14.4 Å². The highest BCUT2D eigenvalue weighted by molar-refractivity contribution is 7.15. The molecule has 2 N–H and O–H groups in total. The van der Waals surface area contributed by atoms with Crippen LogP contribution in [0.25, 0.3) is 10.9 Å². The Labute approximate surface area is 158 Å². The summed E-state index contributed by atoms with van der Waals surface area (Å²) in [6.45, 7) is 1.89. The van der Waals surface area contributed by atoms with Crippen molar-refractivity contribution in [3.8, 4) is 0 Å². The number of carbonyl (C=O) groups excluding carboxylic acids is 3. The SMILES string of the molecule is Cc1ncc(NC(=O)Cn2nc(C3CCC(=O)NC3=O)c3ccccc32)s1. The summed E-state index contributed by atoms with van der Waals surface area (Å²) in [5.41, 5.74) is 1.37. The molecule has 0 bridgehead atoms. The van der Waals surface area contributed by atoms with Crippen LogP contribution in [0.2, 0.25) is 0 Å². The lowest BCUT2D eigenvalue weighted by atomic mass is 9.93. The molecule has 3 aromatic rings. The number of aromatic nitrogens is 3. The van der Waals surface area contributed by atoms with Crippen LogP contribution < -0.4 is 10.6 Å². The minimum absolute atomic E-state index is 0.0186. The van der Waals surface area contributed by atoms with Crippen LogP contribution in [0.3, 0.4) is 0 Å². The molecule has 138 valence electrons. The van der Waals surface area contributed by atoms with E-state index in [4.69, 9.17) is 0 Å². The maximum absolute atomic E-state index is 12.4. The molecule has 1 aliphatic rings. The predicted molar refractivity (Wildman–Crippen MR) is 100 cm³/mol. The van der Waals surface area contributed by atoms with Gasteiger partial charge in [-0.05, 0) is 19.4 Å². The van der Waals surface area contributed by atoms with Crippen LogP contribution in [0.5, 0.6) is 0 Å². The summed E-state index contributed by atoms with van der Waals surface area (Å²) < 4.78 is 1.59. The Balaban J connectivity index is 1.62. The van der Waals surface area contributed by atoms with E-state index in [2.05, 4.69) is 20.7 Å². The number of hydrogen-bond acceptors (Lipinski definition) is 6. The molecule has 1 atom stereocenters. The molecule has 0 radical (unpaired) electrons. The Morgan fingerprint density at radius 2 is 2.19 bits per heavy atom. The van der Waals surface area contributed by atoms with Crippen molar-refractivity contribution in [2.45, 2.75) is 32.2 Å². The summed E-state index contributed by atoms with van der Waals surface area (Å²) in [6.07, 6.45) is 2.31. The molecule has 3 heterocycles. The van der Waals surface area contributed by atoms with Gasteiger partial charge in [0, 0.05) is 11.8 Å². The summed E-state index contributed by atoms with van der Waals surface area (Å²) >= 11 is 1.40. The van der Waals surface area contributed by atoms with Crippen molar-refractivity contribution in [1.82, 2.24) is 20.1 Å². The zero-order chi connectivity index (χ0) is 19.0. The van der Waals surface area contributed by atoms with E-state index in [0.29, 0.717) is 17.1 Å². The van der Waals surface area contributed by atoms with Crippen LogP contribution in [-0.2, 0) is 20.9 Å². The fraction of sp³-hybridized carbons (Fsp3) is 0.278. The predicted octanol–water partition coefficient (Wildman–Crippen LogP) is 1.96. The second-order valence-electron chi connectivity index (χ2n) is 6.36. The number of hydrogen-bond donors (Lipinski definition) is 2. The normalized spacial score (nSPS) is 17.1. The summed E-state index contributed by atoms with van der Waals surface area (Å²) in [5.74, 6) is -1.33. The van der Waals surface area contributed by atoms with E-state index >= 15 is 0 Å². The fourth-order valence-corrected chi connectivity index (χ4v) is 3.91. The zero-order valence-corrected chi connectivity index (χ0v) is 15.4. The monoisotopic (exact) mass is 383 g/mol. The van der Waals surface area contributed by atoms with Crippen LogP contribution in [0.15, 0.2) is 30.5 Å². The second kappa shape index (κ2) is 6.92. The highest BCUT2D eigenvalue weighted by Gasteiger charge is 2.31. The fourth-order valence-electron chi connectivity index (χ4n) is 3.22. The van der Waals surface area contributed by atoms with Crippen molar-refractivity contribution >= 4 is 45.0 Å². The van der Waals surface area contributed by atoms with Crippen LogP contribution in [0, 0.1) is 6.92 Å². The van der Waals surface area contributed by atoms with Gasteiger partial charge in [0.05, 0.1) is 28.3 Å². The number of benzene rings is 1. The van der Waals surface area contributed by atoms with Crippen molar-refractivity contribution in [2.24, 2.45) is 0 Å². The van der Waals surface area contributed by atoms with E-state index in [1.165, 1.54) is 11.3 Å². The molecule has 1 fully saturated rings. The second-order valence-corrected chi connectivity index (χ2v) is 7.59. The number of aryl methyl sites for hydroxylation is 1. The Hall–Kier alpha value is -3.07. The van der Waals surface area contributed by atoms with E-state index in [1.807, 2.05) is 31.2 Å².